The van der Waals surface area contributed by atoms with E-state index in [-0.39, 0.29) is 17.8 Å². The van der Waals surface area contributed by atoms with E-state index in [0.717, 1.165) is 12.0 Å². The van der Waals surface area contributed by atoms with Crippen molar-refractivity contribution < 1.29 is 13.9 Å². The van der Waals surface area contributed by atoms with E-state index in [9.17, 15) is 9.18 Å². The summed E-state index contributed by atoms with van der Waals surface area (Å²) < 4.78 is 19.4. The SMILES string of the molecule is Cc1ccc(OC2CCN(C(=O)c3ccc(C)c(F)c3)C2)nc1. The van der Waals surface area contributed by atoms with Gasteiger partial charge in [0.25, 0.3) is 5.91 Å². The Bertz CT molecular complexity index is 715. The molecule has 3 rings (SSSR count). The van der Waals surface area contributed by atoms with Crippen molar-refractivity contribution in [1.82, 2.24) is 9.88 Å². The van der Waals surface area contributed by atoms with Crippen LogP contribution in [0.1, 0.15) is 27.9 Å². The molecule has 1 saturated heterocycles. The Morgan fingerprint density at radius 1 is 1.30 bits per heavy atom. The van der Waals surface area contributed by atoms with Gasteiger partial charge in [-0.2, -0.15) is 0 Å². The van der Waals surface area contributed by atoms with Gasteiger partial charge in [-0.15, -0.1) is 0 Å². The predicted octanol–water partition coefficient (Wildman–Crippen LogP) is 3.13. The van der Waals surface area contributed by atoms with E-state index in [0.29, 0.717) is 30.1 Å². The monoisotopic (exact) mass is 314 g/mol. The van der Waals surface area contributed by atoms with Crippen molar-refractivity contribution in [3.05, 3.63) is 59.0 Å². The average Bonchev–Trinajstić information content (AvgIpc) is 3.00. The van der Waals surface area contributed by atoms with E-state index in [2.05, 4.69) is 4.98 Å². The predicted molar refractivity (Wildman–Crippen MR) is 85.0 cm³/mol. The summed E-state index contributed by atoms with van der Waals surface area (Å²) in [7, 11) is 0. The Balaban J connectivity index is 1.63. The summed E-state index contributed by atoms with van der Waals surface area (Å²) in [6, 6.07) is 8.36. The maximum atomic E-state index is 13.6. The number of nitrogens with zero attached hydrogens (tertiary/aromatic N) is 2. The lowest BCUT2D eigenvalue weighted by Gasteiger charge is -2.17. The number of amides is 1. The number of halogens is 1. The maximum absolute atomic E-state index is 13.6. The van der Waals surface area contributed by atoms with Gasteiger partial charge in [0.2, 0.25) is 5.88 Å². The first-order valence-electron chi connectivity index (χ1n) is 7.67. The number of pyridine rings is 1. The van der Waals surface area contributed by atoms with E-state index in [4.69, 9.17) is 4.74 Å². The van der Waals surface area contributed by atoms with Gasteiger partial charge in [-0.1, -0.05) is 12.1 Å². The molecule has 1 fully saturated rings. The molecular formula is C18H19FN2O2. The second-order valence-corrected chi connectivity index (χ2v) is 5.92. The summed E-state index contributed by atoms with van der Waals surface area (Å²) in [5.41, 5.74) is 1.99. The molecule has 0 radical (unpaired) electrons. The fraction of sp³-hybridized carbons (Fsp3) is 0.333. The second kappa shape index (κ2) is 6.36. The zero-order valence-electron chi connectivity index (χ0n) is 13.3. The zero-order valence-corrected chi connectivity index (χ0v) is 13.3. The zero-order chi connectivity index (χ0) is 16.4. The third-order valence-corrected chi connectivity index (χ3v) is 4.02. The van der Waals surface area contributed by atoms with Crippen molar-refractivity contribution in [3.63, 3.8) is 0 Å². The van der Waals surface area contributed by atoms with Crippen molar-refractivity contribution >= 4 is 5.91 Å². The summed E-state index contributed by atoms with van der Waals surface area (Å²) >= 11 is 0. The molecule has 1 amide bonds. The topological polar surface area (TPSA) is 42.4 Å². The van der Waals surface area contributed by atoms with Crippen LogP contribution in [0.25, 0.3) is 0 Å². The molecule has 5 heteroatoms. The van der Waals surface area contributed by atoms with Gasteiger partial charge >= 0.3 is 0 Å². The van der Waals surface area contributed by atoms with Gasteiger partial charge in [0.05, 0.1) is 6.54 Å². The Hall–Kier alpha value is -2.43. The van der Waals surface area contributed by atoms with Crippen LogP contribution >= 0.6 is 0 Å². The van der Waals surface area contributed by atoms with Crippen molar-refractivity contribution in [2.45, 2.75) is 26.4 Å². The molecule has 1 atom stereocenters. The maximum Gasteiger partial charge on any atom is 0.254 e. The van der Waals surface area contributed by atoms with Crippen molar-refractivity contribution in [2.75, 3.05) is 13.1 Å². The number of carbonyl (C=O) groups excluding carboxylic acids is 1. The summed E-state index contributed by atoms with van der Waals surface area (Å²) in [4.78, 5) is 18.4. The fourth-order valence-electron chi connectivity index (χ4n) is 2.61. The van der Waals surface area contributed by atoms with E-state index in [1.165, 1.54) is 6.07 Å². The lowest BCUT2D eigenvalue weighted by atomic mass is 10.1. The largest absolute Gasteiger partial charge is 0.472 e. The van der Waals surface area contributed by atoms with Crippen LogP contribution in [0.3, 0.4) is 0 Å². The molecule has 1 unspecified atom stereocenters. The van der Waals surface area contributed by atoms with Crippen LogP contribution in [0.5, 0.6) is 5.88 Å². The molecule has 0 N–H and O–H groups in total. The minimum Gasteiger partial charge on any atom is -0.472 e. The lowest BCUT2D eigenvalue weighted by Crippen LogP contribution is -2.31. The van der Waals surface area contributed by atoms with E-state index in [1.807, 2.05) is 19.1 Å². The van der Waals surface area contributed by atoms with Gasteiger partial charge < -0.3 is 9.64 Å². The molecule has 0 aliphatic carbocycles. The molecule has 0 spiro atoms. The highest BCUT2D eigenvalue weighted by molar-refractivity contribution is 5.94. The number of hydrogen-bond donors (Lipinski definition) is 0. The summed E-state index contributed by atoms with van der Waals surface area (Å²) in [6.07, 6.45) is 2.42. The molecule has 4 nitrogen and oxygen atoms in total. The third-order valence-electron chi connectivity index (χ3n) is 4.02. The van der Waals surface area contributed by atoms with Gasteiger partial charge in [-0.3, -0.25) is 4.79 Å². The van der Waals surface area contributed by atoms with Gasteiger partial charge in [0.1, 0.15) is 11.9 Å². The minimum absolute atomic E-state index is 0.0792. The van der Waals surface area contributed by atoms with E-state index >= 15 is 0 Å². The molecule has 23 heavy (non-hydrogen) atoms. The first-order chi connectivity index (χ1) is 11.0. The summed E-state index contributed by atoms with van der Waals surface area (Å²) in [6.45, 7) is 4.74. The number of benzene rings is 1. The number of aryl methyl sites for hydroxylation is 2. The molecule has 0 bridgehead atoms. The van der Waals surface area contributed by atoms with Crippen LogP contribution in [-0.2, 0) is 0 Å². The molecule has 1 aliphatic rings. The highest BCUT2D eigenvalue weighted by atomic mass is 19.1. The minimum atomic E-state index is -0.355. The van der Waals surface area contributed by atoms with Crippen LogP contribution in [-0.4, -0.2) is 35.0 Å². The molecule has 1 aromatic carbocycles. The van der Waals surface area contributed by atoms with Crippen molar-refractivity contribution in [2.24, 2.45) is 0 Å². The van der Waals surface area contributed by atoms with Crippen molar-refractivity contribution in [1.29, 1.82) is 0 Å². The highest BCUT2D eigenvalue weighted by Gasteiger charge is 2.28. The van der Waals surface area contributed by atoms with Crippen molar-refractivity contribution in [3.8, 4) is 5.88 Å². The molecule has 2 aromatic rings. The van der Waals surface area contributed by atoms with Crippen LogP contribution in [0, 0.1) is 19.7 Å². The number of aromatic nitrogens is 1. The van der Waals surface area contributed by atoms with E-state index in [1.54, 1.807) is 30.2 Å². The number of rotatable bonds is 3. The average molecular weight is 314 g/mol. The molecule has 1 aromatic heterocycles. The number of hydrogen-bond acceptors (Lipinski definition) is 3. The molecule has 0 saturated carbocycles. The standard InChI is InChI=1S/C18H19FN2O2/c1-12-3-6-17(20-10-12)23-15-7-8-21(11-15)18(22)14-5-4-13(2)16(19)9-14/h3-6,9-10,15H,7-8,11H2,1-2H3. The fourth-order valence-corrected chi connectivity index (χ4v) is 2.61. The van der Waals surface area contributed by atoms with Gasteiger partial charge in [-0.25, -0.2) is 9.37 Å². The first-order valence-corrected chi connectivity index (χ1v) is 7.67. The molecular weight excluding hydrogens is 295 g/mol. The van der Waals surface area contributed by atoms with Crippen LogP contribution in [0.2, 0.25) is 0 Å². The van der Waals surface area contributed by atoms with Crippen LogP contribution < -0.4 is 4.74 Å². The lowest BCUT2D eigenvalue weighted by molar-refractivity contribution is 0.0770. The highest BCUT2D eigenvalue weighted by Crippen LogP contribution is 2.19. The Labute approximate surface area is 134 Å². The Morgan fingerprint density at radius 3 is 2.83 bits per heavy atom. The second-order valence-electron chi connectivity index (χ2n) is 5.92. The van der Waals surface area contributed by atoms with Crippen LogP contribution in [0.15, 0.2) is 36.5 Å². The molecule has 120 valence electrons. The van der Waals surface area contributed by atoms with Crippen LogP contribution in [0.4, 0.5) is 4.39 Å². The molecule has 1 aliphatic heterocycles. The number of likely N-dealkylation sites (tertiary alicyclic amines) is 1. The third kappa shape index (κ3) is 3.50. The van der Waals surface area contributed by atoms with E-state index < -0.39 is 0 Å². The molecule has 2 heterocycles. The number of carbonyl (C=O) groups is 1. The Morgan fingerprint density at radius 2 is 2.13 bits per heavy atom. The normalized spacial score (nSPS) is 17.3. The number of ether oxygens (including phenoxy) is 1. The summed E-state index contributed by atoms with van der Waals surface area (Å²) in [5.74, 6) is 0.0508. The first kappa shape index (κ1) is 15.5. The van der Waals surface area contributed by atoms with Gasteiger partial charge in [0, 0.05) is 30.8 Å². The quantitative estimate of drug-likeness (QED) is 0.874. The smallest absolute Gasteiger partial charge is 0.254 e. The van der Waals surface area contributed by atoms with Gasteiger partial charge in [0.15, 0.2) is 0 Å². The Kier molecular flexibility index (Phi) is 4.28. The summed E-state index contributed by atoms with van der Waals surface area (Å²) in [5, 5.41) is 0. The van der Waals surface area contributed by atoms with Gasteiger partial charge in [-0.05, 0) is 37.1 Å².